The Balaban J connectivity index is 2.40. The van der Waals surface area contributed by atoms with E-state index < -0.39 is 10.7 Å². The van der Waals surface area contributed by atoms with Gasteiger partial charge in [-0.15, -0.1) is 0 Å². The lowest BCUT2D eigenvalue weighted by molar-refractivity contribution is -0.385. The van der Waals surface area contributed by atoms with Gasteiger partial charge in [-0.2, -0.15) is 0 Å². The van der Waals surface area contributed by atoms with E-state index in [-0.39, 0.29) is 17.2 Å². The first-order valence-corrected chi connectivity index (χ1v) is 6.85. The van der Waals surface area contributed by atoms with Crippen LogP contribution in [0.15, 0.2) is 40.9 Å². The molecule has 21 heavy (non-hydrogen) atoms. The minimum Gasteiger partial charge on any atom is -0.449 e. The standard InChI is InChI=1S/C14H12BrFN2O3/c1-17-8-9-5-10(16)7-11(6-9)21-14-12(15)3-2-4-13(14)18(19)20/h2-7,17H,8H2,1H3. The summed E-state index contributed by atoms with van der Waals surface area (Å²) < 4.78 is 19.5. The van der Waals surface area contributed by atoms with Gasteiger partial charge in [-0.3, -0.25) is 10.1 Å². The second-order valence-corrected chi connectivity index (χ2v) is 5.13. The van der Waals surface area contributed by atoms with Crippen molar-refractivity contribution in [2.75, 3.05) is 7.05 Å². The van der Waals surface area contributed by atoms with Crippen molar-refractivity contribution in [3.05, 3.63) is 62.4 Å². The average molecular weight is 355 g/mol. The number of nitro benzene ring substituents is 1. The summed E-state index contributed by atoms with van der Waals surface area (Å²) in [7, 11) is 1.74. The van der Waals surface area contributed by atoms with Crippen LogP contribution >= 0.6 is 15.9 Å². The van der Waals surface area contributed by atoms with Gasteiger partial charge in [-0.25, -0.2) is 4.39 Å². The summed E-state index contributed by atoms with van der Waals surface area (Å²) >= 11 is 3.21. The number of nitrogens with zero attached hydrogens (tertiary/aromatic N) is 1. The molecule has 2 rings (SSSR count). The van der Waals surface area contributed by atoms with Crippen LogP contribution < -0.4 is 10.1 Å². The van der Waals surface area contributed by atoms with Crippen LogP contribution in [0.4, 0.5) is 10.1 Å². The molecular weight excluding hydrogens is 343 g/mol. The number of nitro groups is 1. The number of hydrogen-bond donors (Lipinski definition) is 1. The van der Waals surface area contributed by atoms with E-state index in [1.165, 1.54) is 24.3 Å². The van der Waals surface area contributed by atoms with Crippen molar-refractivity contribution in [2.24, 2.45) is 0 Å². The molecule has 0 atom stereocenters. The third-order valence-electron chi connectivity index (χ3n) is 2.67. The van der Waals surface area contributed by atoms with Crippen LogP contribution in [-0.2, 0) is 6.54 Å². The number of hydrogen-bond acceptors (Lipinski definition) is 4. The first kappa shape index (κ1) is 15.4. The topological polar surface area (TPSA) is 64.4 Å². The number of benzene rings is 2. The minimum atomic E-state index is -0.548. The molecule has 0 aliphatic rings. The van der Waals surface area contributed by atoms with Crippen molar-refractivity contribution in [1.29, 1.82) is 0 Å². The fraction of sp³-hybridized carbons (Fsp3) is 0.143. The van der Waals surface area contributed by atoms with Gasteiger partial charge in [0.2, 0.25) is 5.75 Å². The van der Waals surface area contributed by atoms with Crippen molar-refractivity contribution in [2.45, 2.75) is 6.54 Å². The fourth-order valence-corrected chi connectivity index (χ4v) is 2.28. The monoisotopic (exact) mass is 354 g/mol. The molecule has 0 spiro atoms. The highest BCUT2D eigenvalue weighted by Gasteiger charge is 2.19. The van der Waals surface area contributed by atoms with Crippen LogP contribution in [0.5, 0.6) is 11.5 Å². The molecule has 0 unspecified atom stereocenters. The van der Waals surface area contributed by atoms with Crippen molar-refractivity contribution >= 4 is 21.6 Å². The molecule has 0 bridgehead atoms. The first-order valence-electron chi connectivity index (χ1n) is 6.06. The molecule has 5 nitrogen and oxygen atoms in total. The number of nitrogens with one attached hydrogen (secondary N) is 1. The second-order valence-electron chi connectivity index (χ2n) is 4.27. The van der Waals surface area contributed by atoms with Gasteiger partial charge < -0.3 is 10.1 Å². The molecule has 0 aliphatic heterocycles. The highest BCUT2D eigenvalue weighted by molar-refractivity contribution is 9.10. The van der Waals surface area contributed by atoms with Crippen LogP contribution in [0.25, 0.3) is 0 Å². The van der Waals surface area contributed by atoms with Crippen LogP contribution in [0.1, 0.15) is 5.56 Å². The van der Waals surface area contributed by atoms with Crippen molar-refractivity contribution < 1.29 is 14.1 Å². The van der Waals surface area contributed by atoms with E-state index in [1.54, 1.807) is 19.2 Å². The molecule has 0 heterocycles. The SMILES string of the molecule is CNCc1cc(F)cc(Oc2c(Br)cccc2[N+](=O)[O-])c1. The van der Waals surface area contributed by atoms with Gasteiger partial charge in [0.1, 0.15) is 11.6 Å². The van der Waals surface area contributed by atoms with Crippen LogP contribution in [0, 0.1) is 15.9 Å². The average Bonchev–Trinajstić information content (AvgIpc) is 2.40. The molecule has 0 aliphatic carbocycles. The molecule has 0 amide bonds. The van der Waals surface area contributed by atoms with E-state index in [2.05, 4.69) is 21.2 Å². The predicted octanol–water partition coefficient (Wildman–Crippen LogP) is 4.01. The van der Waals surface area contributed by atoms with Crippen molar-refractivity contribution in [3.8, 4) is 11.5 Å². The summed E-state index contributed by atoms with van der Waals surface area (Å²) in [4.78, 5) is 10.5. The molecule has 0 saturated heterocycles. The largest absolute Gasteiger partial charge is 0.449 e. The maximum absolute atomic E-state index is 13.6. The van der Waals surface area contributed by atoms with Gasteiger partial charge in [0.05, 0.1) is 9.40 Å². The molecule has 0 fully saturated rings. The lowest BCUT2D eigenvalue weighted by Gasteiger charge is -2.10. The molecule has 2 aromatic carbocycles. The Morgan fingerprint density at radius 1 is 1.38 bits per heavy atom. The number of para-hydroxylation sites is 1. The Labute approximate surface area is 129 Å². The van der Waals surface area contributed by atoms with Crippen molar-refractivity contribution in [3.63, 3.8) is 0 Å². The molecule has 1 N–H and O–H groups in total. The number of halogens is 2. The van der Waals surface area contributed by atoms with E-state index in [0.717, 1.165) is 0 Å². The number of ether oxygens (including phenoxy) is 1. The lowest BCUT2D eigenvalue weighted by atomic mass is 10.2. The second kappa shape index (κ2) is 6.64. The number of rotatable bonds is 5. The smallest absolute Gasteiger partial charge is 0.312 e. The maximum atomic E-state index is 13.6. The molecule has 0 saturated carbocycles. The highest BCUT2D eigenvalue weighted by Crippen LogP contribution is 2.38. The van der Waals surface area contributed by atoms with Crippen LogP contribution in [-0.4, -0.2) is 12.0 Å². The Hall–Kier alpha value is -1.99. The highest BCUT2D eigenvalue weighted by atomic mass is 79.9. The van der Waals surface area contributed by atoms with E-state index in [0.29, 0.717) is 16.6 Å². The van der Waals surface area contributed by atoms with Crippen LogP contribution in [0.3, 0.4) is 0 Å². The lowest BCUT2D eigenvalue weighted by Crippen LogP contribution is -2.05. The first-order chi connectivity index (χ1) is 10.0. The van der Waals surface area contributed by atoms with Crippen LogP contribution in [0.2, 0.25) is 0 Å². The Morgan fingerprint density at radius 3 is 2.81 bits per heavy atom. The minimum absolute atomic E-state index is 0.0449. The summed E-state index contributed by atoms with van der Waals surface area (Å²) in [6.07, 6.45) is 0. The van der Waals surface area contributed by atoms with E-state index in [9.17, 15) is 14.5 Å². The summed E-state index contributed by atoms with van der Waals surface area (Å²) in [5.41, 5.74) is 0.492. The van der Waals surface area contributed by atoms with E-state index in [1.807, 2.05) is 0 Å². The Bertz CT molecular complexity index is 679. The van der Waals surface area contributed by atoms with Gasteiger partial charge >= 0.3 is 5.69 Å². The van der Waals surface area contributed by atoms with Gasteiger partial charge in [-0.1, -0.05) is 6.07 Å². The van der Waals surface area contributed by atoms with Gasteiger partial charge in [0, 0.05) is 18.7 Å². The Morgan fingerprint density at radius 2 is 2.14 bits per heavy atom. The van der Waals surface area contributed by atoms with Gasteiger partial charge in [-0.05, 0) is 46.7 Å². The van der Waals surface area contributed by atoms with Crippen molar-refractivity contribution in [1.82, 2.24) is 5.32 Å². The third kappa shape index (κ3) is 3.77. The maximum Gasteiger partial charge on any atom is 0.312 e. The molecular formula is C14H12BrFN2O3. The summed E-state index contributed by atoms with van der Waals surface area (Å²) in [5.74, 6) is -0.216. The summed E-state index contributed by atoms with van der Waals surface area (Å²) in [6, 6.07) is 8.67. The molecule has 7 heteroatoms. The molecule has 110 valence electrons. The fourth-order valence-electron chi connectivity index (χ4n) is 1.85. The van der Waals surface area contributed by atoms with E-state index >= 15 is 0 Å². The molecule has 2 aromatic rings. The van der Waals surface area contributed by atoms with Gasteiger partial charge in [0.15, 0.2) is 0 Å². The summed E-state index contributed by atoms with van der Waals surface area (Å²) in [6.45, 7) is 0.464. The Kier molecular flexibility index (Phi) is 4.87. The van der Waals surface area contributed by atoms with E-state index in [4.69, 9.17) is 4.74 Å². The zero-order chi connectivity index (χ0) is 15.4. The molecule has 0 radical (unpaired) electrons. The molecule has 0 aromatic heterocycles. The predicted molar refractivity (Wildman–Crippen MR) is 80.0 cm³/mol. The zero-order valence-corrected chi connectivity index (χ0v) is 12.7. The normalized spacial score (nSPS) is 10.4. The summed E-state index contributed by atoms with van der Waals surface area (Å²) in [5, 5.41) is 13.9. The van der Waals surface area contributed by atoms with Gasteiger partial charge in [0.25, 0.3) is 0 Å². The zero-order valence-electron chi connectivity index (χ0n) is 11.1. The third-order valence-corrected chi connectivity index (χ3v) is 3.30. The quantitative estimate of drug-likeness (QED) is 0.650.